The van der Waals surface area contributed by atoms with Gasteiger partial charge < -0.3 is 4.74 Å². The van der Waals surface area contributed by atoms with Gasteiger partial charge >= 0.3 is 6.18 Å². The molecule has 2 nitrogen and oxygen atoms in total. The van der Waals surface area contributed by atoms with Crippen molar-refractivity contribution in [2.75, 3.05) is 21.2 Å². The minimum atomic E-state index is -4.30. The molecule has 0 aromatic heterocycles. The Morgan fingerprint density at radius 3 is 2.31 bits per heavy atom. The maximum Gasteiger partial charge on any atom is 0.408 e. The first-order chi connectivity index (χ1) is 7.36. The molecule has 0 saturated carbocycles. The highest BCUT2D eigenvalue weighted by Crippen LogP contribution is 2.37. The highest BCUT2D eigenvalue weighted by atomic mass is 19.4. The van der Waals surface area contributed by atoms with E-state index in [1.54, 1.807) is 12.1 Å². The molecule has 16 heavy (non-hydrogen) atoms. The average molecular weight is 233 g/mol. The van der Waals surface area contributed by atoms with Gasteiger partial charge in [0.15, 0.2) is 0 Å². The number of hydrogen-bond acceptors (Lipinski definition) is 2. The molecule has 0 spiro atoms. The summed E-state index contributed by atoms with van der Waals surface area (Å²) in [4.78, 5) is 1.13. The van der Waals surface area contributed by atoms with Crippen LogP contribution in [0.2, 0.25) is 0 Å². The lowest BCUT2D eigenvalue weighted by Crippen LogP contribution is -2.33. The second-order valence-electron chi connectivity index (χ2n) is 3.68. The molecule has 5 heteroatoms. The predicted octanol–water partition coefficient (Wildman–Crippen LogP) is 2.86. The van der Waals surface area contributed by atoms with Gasteiger partial charge in [-0.25, -0.2) is 0 Å². The molecule has 1 aromatic rings. The van der Waals surface area contributed by atoms with Gasteiger partial charge in [0.25, 0.3) is 0 Å². The molecule has 0 aliphatic heterocycles. The Morgan fingerprint density at radius 2 is 1.88 bits per heavy atom. The molecule has 0 radical (unpaired) electrons. The third-order valence-corrected chi connectivity index (χ3v) is 2.24. The van der Waals surface area contributed by atoms with Gasteiger partial charge in [0.05, 0.1) is 7.11 Å². The minimum Gasteiger partial charge on any atom is -0.497 e. The lowest BCUT2D eigenvalue weighted by Gasteiger charge is -2.27. The van der Waals surface area contributed by atoms with Gasteiger partial charge in [-0.3, -0.25) is 4.90 Å². The van der Waals surface area contributed by atoms with E-state index in [-0.39, 0.29) is 5.56 Å². The van der Waals surface area contributed by atoms with E-state index in [0.29, 0.717) is 5.75 Å². The fraction of sp³-hybridized carbons (Fsp3) is 0.455. The molecule has 1 aromatic carbocycles. The van der Waals surface area contributed by atoms with Gasteiger partial charge in [-0.1, -0.05) is 12.1 Å². The number of nitrogens with zero attached hydrogens (tertiary/aromatic N) is 1. The molecule has 0 aliphatic rings. The van der Waals surface area contributed by atoms with Crippen LogP contribution in [0.15, 0.2) is 24.3 Å². The van der Waals surface area contributed by atoms with E-state index in [9.17, 15) is 13.2 Å². The summed E-state index contributed by atoms with van der Waals surface area (Å²) in [5.74, 6) is 0.425. The molecule has 1 rings (SSSR count). The van der Waals surface area contributed by atoms with Crippen LogP contribution in [-0.4, -0.2) is 32.3 Å². The van der Waals surface area contributed by atoms with Crippen molar-refractivity contribution in [3.05, 3.63) is 29.8 Å². The standard InChI is InChI=1S/C11H14F3NO/c1-15(2)10(11(12,13)14)8-5-4-6-9(7-8)16-3/h4-7,10H,1-3H3. The molecule has 0 amide bonds. The summed E-state index contributed by atoms with van der Waals surface area (Å²) in [6.07, 6.45) is -4.30. The summed E-state index contributed by atoms with van der Waals surface area (Å²) >= 11 is 0. The molecule has 0 saturated heterocycles. The van der Waals surface area contributed by atoms with Crippen LogP contribution in [0.3, 0.4) is 0 Å². The molecule has 0 fully saturated rings. The molecule has 1 atom stereocenters. The quantitative estimate of drug-likeness (QED) is 0.796. The lowest BCUT2D eigenvalue weighted by molar-refractivity contribution is -0.179. The number of alkyl halides is 3. The maximum absolute atomic E-state index is 12.8. The van der Waals surface area contributed by atoms with E-state index in [4.69, 9.17) is 4.74 Å². The summed E-state index contributed by atoms with van der Waals surface area (Å²) in [7, 11) is 4.23. The minimum absolute atomic E-state index is 0.178. The lowest BCUT2D eigenvalue weighted by atomic mass is 10.1. The number of ether oxygens (including phenoxy) is 1. The van der Waals surface area contributed by atoms with Crippen molar-refractivity contribution in [1.82, 2.24) is 4.90 Å². The van der Waals surface area contributed by atoms with Crippen molar-refractivity contribution in [2.24, 2.45) is 0 Å². The summed E-state index contributed by atoms with van der Waals surface area (Å²) in [6.45, 7) is 0. The fourth-order valence-electron chi connectivity index (χ4n) is 1.59. The second-order valence-corrected chi connectivity index (χ2v) is 3.68. The number of methoxy groups -OCH3 is 1. The monoisotopic (exact) mass is 233 g/mol. The van der Waals surface area contributed by atoms with Crippen LogP contribution in [0.4, 0.5) is 13.2 Å². The Labute approximate surface area is 92.6 Å². The van der Waals surface area contributed by atoms with Crippen molar-refractivity contribution in [2.45, 2.75) is 12.2 Å². The molecule has 0 N–H and O–H groups in total. The Balaban J connectivity index is 3.11. The van der Waals surface area contributed by atoms with Gasteiger partial charge in [0, 0.05) is 0 Å². The van der Waals surface area contributed by atoms with E-state index in [1.807, 2.05) is 0 Å². The van der Waals surface area contributed by atoms with E-state index in [1.165, 1.54) is 33.3 Å². The van der Waals surface area contributed by atoms with Crippen molar-refractivity contribution in [1.29, 1.82) is 0 Å². The first-order valence-electron chi connectivity index (χ1n) is 4.73. The Kier molecular flexibility index (Phi) is 3.80. The second kappa shape index (κ2) is 4.74. The first-order valence-corrected chi connectivity index (χ1v) is 4.73. The SMILES string of the molecule is COc1cccc(C(N(C)C)C(F)(F)F)c1. The van der Waals surface area contributed by atoms with Crippen LogP contribution >= 0.6 is 0 Å². The smallest absolute Gasteiger partial charge is 0.408 e. The molecular formula is C11H14F3NO. The third-order valence-electron chi connectivity index (χ3n) is 2.24. The van der Waals surface area contributed by atoms with E-state index in [2.05, 4.69) is 0 Å². The van der Waals surface area contributed by atoms with Gasteiger partial charge in [0.2, 0.25) is 0 Å². The van der Waals surface area contributed by atoms with Crippen molar-refractivity contribution in [3.8, 4) is 5.75 Å². The van der Waals surface area contributed by atoms with Gasteiger partial charge in [-0.2, -0.15) is 13.2 Å². The zero-order chi connectivity index (χ0) is 12.3. The van der Waals surface area contributed by atoms with E-state index < -0.39 is 12.2 Å². The Hall–Kier alpha value is -1.23. The normalized spacial score (nSPS) is 13.9. The predicted molar refractivity (Wildman–Crippen MR) is 55.5 cm³/mol. The van der Waals surface area contributed by atoms with Gasteiger partial charge in [-0.15, -0.1) is 0 Å². The van der Waals surface area contributed by atoms with Crippen LogP contribution in [0.25, 0.3) is 0 Å². The van der Waals surface area contributed by atoms with Crippen LogP contribution in [-0.2, 0) is 0 Å². The molecule has 0 bridgehead atoms. The zero-order valence-corrected chi connectivity index (χ0v) is 9.38. The van der Waals surface area contributed by atoms with Crippen LogP contribution in [0.1, 0.15) is 11.6 Å². The molecule has 0 heterocycles. The number of benzene rings is 1. The maximum atomic E-state index is 12.8. The van der Waals surface area contributed by atoms with E-state index in [0.717, 1.165) is 4.90 Å². The first kappa shape index (κ1) is 12.8. The van der Waals surface area contributed by atoms with Gasteiger partial charge in [-0.05, 0) is 31.8 Å². The molecule has 0 aliphatic carbocycles. The third kappa shape index (κ3) is 2.88. The Bertz CT molecular complexity index is 349. The van der Waals surface area contributed by atoms with Crippen molar-refractivity contribution >= 4 is 0 Å². The summed E-state index contributed by atoms with van der Waals surface area (Å²) in [5.41, 5.74) is 0.178. The topological polar surface area (TPSA) is 12.5 Å². The number of hydrogen-bond donors (Lipinski definition) is 0. The zero-order valence-electron chi connectivity index (χ0n) is 9.38. The summed E-state index contributed by atoms with van der Waals surface area (Å²) in [6, 6.07) is 4.41. The highest BCUT2D eigenvalue weighted by Gasteiger charge is 2.42. The number of rotatable bonds is 3. The van der Waals surface area contributed by atoms with E-state index >= 15 is 0 Å². The van der Waals surface area contributed by atoms with Gasteiger partial charge in [0.1, 0.15) is 11.8 Å². The van der Waals surface area contributed by atoms with Crippen LogP contribution in [0, 0.1) is 0 Å². The Morgan fingerprint density at radius 1 is 1.25 bits per heavy atom. The van der Waals surface area contributed by atoms with Crippen molar-refractivity contribution < 1.29 is 17.9 Å². The largest absolute Gasteiger partial charge is 0.497 e. The van der Waals surface area contributed by atoms with Crippen LogP contribution < -0.4 is 4.74 Å². The molecule has 1 unspecified atom stereocenters. The van der Waals surface area contributed by atoms with Crippen LogP contribution in [0.5, 0.6) is 5.75 Å². The average Bonchev–Trinajstić information content (AvgIpc) is 2.15. The summed E-state index contributed by atoms with van der Waals surface area (Å²) < 4.78 is 43.3. The fourth-order valence-corrected chi connectivity index (χ4v) is 1.59. The molecule has 90 valence electrons. The number of halogens is 3. The molecular weight excluding hydrogens is 219 g/mol. The highest BCUT2D eigenvalue weighted by molar-refractivity contribution is 5.31. The summed E-state index contributed by atoms with van der Waals surface area (Å²) in [5, 5.41) is 0. The van der Waals surface area contributed by atoms with Crippen molar-refractivity contribution in [3.63, 3.8) is 0 Å².